The summed E-state index contributed by atoms with van der Waals surface area (Å²) in [7, 11) is 0. The van der Waals surface area contributed by atoms with Crippen molar-refractivity contribution >= 4 is 11.7 Å². The van der Waals surface area contributed by atoms with E-state index in [0.29, 0.717) is 24.3 Å². The number of hydrogen-bond acceptors (Lipinski definition) is 4. The van der Waals surface area contributed by atoms with E-state index in [1.54, 1.807) is 36.4 Å². The highest BCUT2D eigenvalue weighted by Gasteiger charge is 2.05. The number of nitrogen functional groups attached to an aromatic ring is 2. The van der Waals surface area contributed by atoms with Crippen LogP contribution in [0.3, 0.4) is 0 Å². The maximum atomic E-state index is 7.44. The predicted octanol–water partition coefficient (Wildman–Crippen LogP) is 3.72. The van der Waals surface area contributed by atoms with E-state index in [1.165, 1.54) is 0 Å². The molecule has 3 rings (SSSR count). The highest BCUT2D eigenvalue weighted by atomic mass is 16.5. The molecule has 0 spiro atoms. The Labute approximate surface area is 170 Å². The number of amidine groups is 2. The summed E-state index contributed by atoms with van der Waals surface area (Å²) >= 11 is 0. The Hall–Kier alpha value is -3.80. The lowest BCUT2D eigenvalue weighted by Crippen LogP contribution is -2.10. The van der Waals surface area contributed by atoms with Crippen LogP contribution in [0.4, 0.5) is 0 Å². The second-order valence-electron chi connectivity index (χ2n) is 6.71. The van der Waals surface area contributed by atoms with E-state index >= 15 is 0 Å². The van der Waals surface area contributed by atoms with Gasteiger partial charge in [-0.25, -0.2) is 0 Å². The van der Waals surface area contributed by atoms with Crippen molar-refractivity contribution in [3.8, 4) is 11.5 Å². The molecule has 0 aromatic heterocycles. The molecule has 0 unspecified atom stereocenters. The van der Waals surface area contributed by atoms with Crippen LogP contribution in [-0.4, -0.2) is 11.7 Å². The van der Waals surface area contributed by atoms with Gasteiger partial charge < -0.3 is 20.9 Å². The fourth-order valence-corrected chi connectivity index (χ4v) is 2.76. The maximum Gasteiger partial charge on any atom is 0.122 e. The summed E-state index contributed by atoms with van der Waals surface area (Å²) in [5.74, 6) is 1.52. The van der Waals surface area contributed by atoms with Gasteiger partial charge in [-0.15, -0.1) is 0 Å². The first-order valence-electron chi connectivity index (χ1n) is 9.15. The fourth-order valence-electron chi connectivity index (χ4n) is 2.76. The van der Waals surface area contributed by atoms with Gasteiger partial charge in [-0.3, -0.25) is 10.8 Å². The molecule has 0 heterocycles. The van der Waals surface area contributed by atoms with Gasteiger partial charge in [0.25, 0.3) is 0 Å². The first-order valence-corrected chi connectivity index (χ1v) is 9.15. The first kappa shape index (κ1) is 19.9. The smallest absolute Gasteiger partial charge is 0.122 e. The average molecular weight is 388 g/mol. The summed E-state index contributed by atoms with van der Waals surface area (Å²) in [6, 6.07) is 20.5. The SMILES string of the molecule is Cc1ccc(COc2ccc(C(=N)N)cc2)cc1COc1ccc(C(=N)N)cc1. The molecule has 0 amide bonds. The van der Waals surface area contributed by atoms with Gasteiger partial charge in [0.15, 0.2) is 0 Å². The van der Waals surface area contributed by atoms with E-state index < -0.39 is 0 Å². The third-order valence-corrected chi connectivity index (χ3v) is 4.54. The van der Waals surface area contributed by atoms with Gasteiger partial charge in [-0.1, -0.05) is 12.1 Å². The zero-order valence-electron chi connectivity index (χ0n) is 16.2. The first-order chi connectivity index (χ1) is 13.9. The van der Waals surface area contributed by atoms with Gasteiger partial charge in [0.05, 0.1) is 0 Å². The summed E-state index contributed by atoms with van der Waals surface area (Å²) in [5, 5.41) is 14.9. The number of nitrogens with one attached hydrogen (secondary N) is 2. The van der Waals surface area contributed by atoms with E-state index in [-0.39, 0.29) is 11.7 Å². The number of rotatable bonds is 8. The normalized spacial score (nSPS) is 10.4. The summed E-state index contributed by atoms with van der Waals surface area (Å²) in [5.41, 5.74) is 15.5. The molecule has 6 N–H and O–H groups in total. The van der Waals surface area contributed by atoms with Crippen LogP contribution in [0.2, 0.25) is 0 Å². The van der Waals surface area contributed by atoms with Gasteiger partial charge >= 0.3 is 0 Å². The minimum Gasteiger partial charge on any atom is -0.489 e. The Morgan fingerprint density at radius 2 is 1.21 bits per heavy atom. The van der Waals surface area contributed by atoms with Crippen molar-refractivity contribution in [2.75, 3.05) is 0 Å². The van der Waals surface area contributed by atoms with Crippen molar-refractivity contribution in [3.63, 3.8) is 0 Å². The van der Waals surface area contributed by atoms with Gasteiger partial charge in [-0.2, -0.15) is 0 Å². The van der Waals surface area contributed by atoms with Crippen LogP contribution in [0, 0.1) is 17.7 Å². The third-order valence-electron chi connectivity index (χ3n) is 4.54. The number of ether oxygens (including phenoxy) is 2. The van der Waals surface area contributed by atoms with Crippen molar-refractivity contribution in [1.29, 1.82) is 10.8 Å². The van der Waals surface area contributed by atoms with Crippen molar-refractivity contribution in [2.45, 2.75) is 20.1 Å². The molecule has 0 aliphatic heterocycles. The Bertz CT molecular complexity index is 1010. The minimum atomic E-state index is 0.0376. The van der Waals surface area contributed by atoms with E-state index in [1.807, 2.05) is 25.1 Å². The molecule has 3 aromatic carbocycles. The van der Waals surface area contributed by atoms with Crippen molar-refractivity contribution in [2.24, 2.45) is 11.5 Å². The third kappa shape index (κ3) is 5.35. The van der Waals surface area contributed by atoms with E-state index in [2.05, 4.69) is 12.1 Å². The molecule has 6 nitrogen and oxygen atoms in total. The zero-order chi connectivity index (χ0) is 20.8. The lowest BCUT2D eigenvalue weighted by Gasteiger charge is -2.12. The monoisotopic (exact) mass is 388 g/mol. The molecular weight excluding hydrogens is 364 g/mol. The fraction of sp³-hybridized carbons (Fsp3) is 0.130. The molecule has 3 aromatic rings. The molecule has 6 heteroatoms. The molecule has 0 bridgehead atoms. The molecule has 29 heavy (non-hydrogen) atoms. The predicted molar refractivity (Wildman–Crippen MR) is 115 cm³/mol. The van der Waals surface area contributed by atoms with Crippen molar-refractivity contribution < 1.29 is 9.47 Å². The molecular formula is C23H24N4O2. The molecule has 0 aliphatic carbocycles. The molecule has 0 atom stereocenters. The van der Waals surface area contributed by atoms with E-state index in [0.717, 1.165) is 28.2 Å². The molecule has 0 radical (unpaired) electrons. The van der Waals surface area contributed by atoms with Gasteiger partial charge in [0.1, 0.15) is 36.4 Å². The molecule has 0 saturated heterocycles. The van der Waals surface area contributed by atoms with Crippen molar-refractivity contribution in [1.82, 2.24) is 0 Å². The molecule has 0 aliphatic rings. The maximum absolute atomic E-state index is 7.44. The zero-order valence-corrected chi connectivity index (χ0v) is 16.2. The Morgan fingerprint density at radius 1 is 0.724 bits per heavy atom. The summed E-state index contributed by atoms with van der Waals surface area (Å²) < 4.78 is 11.7. The number of hydrogen-bond donors (Lipinski definition) is 4. The van der Waals surface area contributed by atoms with Gasteiger partial charge in [0, 0.05) is 11.1 Å². The lowest BCUT2D eigenvalue weighted by atomic mass is 10.1. The number of benzene rings is 3. The second-order valence-corrected chi connectivity index (χ2v) is 6.71. The van der Waals surface area contributed by atoms with E-state index in [9.17, 15) is 0 Å². The Morgan fingerprint density at radius 3 is 1.69 bits per heavy atom. The van der Waals surface area contributed by atoms with E-state index in [4.69, 9.17) is 31.8 Å². The second kappa shape index (κ2) is 8.93. The lowest BCUT2D eigenvalue weighted by molar-refractivity contribution is 0.299. The van der Waals surface area contributed by atoms with Crippen LogP contribution < -0.4 is 20.9 Å². The molecule has 148 valence electrons. The quantitative estimate of drug-likeness (QED) is 0.347. The largest absolute Gasteiger partial charge is 0.489 e. The van der Waals surface area contributed by atoms with Gasteiger partial charge in [-0.05, 0) is 78.2 Å². The highest BCUT2D eigenvalue weighted by Crippen LogP contribution is 2.19. The molecule has 0 fully saturated rings. The molecule has 0 saturated carbocycles. The number of nitrogens with two attached hydrogens (primary N) is 2. The highest BCUT2D eigenvalue weighted by molar-refractivity contribution is 5.95. The minimum absolute atomic E-state index is 0.0376. The topological polar surface area (TPSA) is 118 Å². The van der Waals surface area contributed by atoms with Crippen LogP contribution >= 0.6 is 0 Å². The van der Waals surface area contributed by atoms with Crippen LogP contribution in [0.25, 0.3) is 0 Å². The number of aryl methyl sites for hydroxylation is 1. The Kier molecular flexibility index (Phi) is 6.14. The van der Waals surface area contributed by atoms with Crippen LogP contribution in [0.1, 0.15) is 27.8 Å². The summed E-state index contributed by atoms with van der Waals surface area (Å²) in [6.07, 6.45) is 0. The standard InChI is InChI=1S/C23H24N4O2/c1-15-2-3-16(13-28-20-8-4-17(5-9-20)22(24)25)12-19(15)14-29-21-10-6-18(7-11-21)23(26)27/h2-12H,13-14H2,1H3,(H3,24,25)(H3,26,27). The average Bonchev–Trinajstić information content (AvgIpc) is 2.72. The van der Waals surface area contributed by atoms with Gasteiger partial charge in [0.2, 0.25) is 0 Å². The van der Waals surface area contributed by atoms with Crippen LogP contribution in [0.5, 0.6) is 11.5 Å². The van der Waals surface area contributed by atoms with Crippen LogP contribution in [-0.2, 0) is 13.2 Å². The Balaban J connectivity index is 1.61. The summed E-state index contributed by atoms with van der Waals surface area (Å²) in [4.78, 5) is 0. The van der Waals surface area contributed by atoms with Crippen LogP contribution in [0.15, 0.2) is 66.7 Å². The van der Waals surface area contributed by atoms with Crippen molar-refractivity contribution in [3.05, 3.63) is 94.5 Å². The summed E-state index contributed by atoms with van der Waals surface area (Å²) in [6.45, 7) is 2.91.